The van der Waals surface area contributed by atoms with E-state index in [1.807, 2.05) is 12.1 Å². The highest BCUT2D eigenvalue weighted by Gasteiger charge is 2.10. The Labute approximate surface area is 122 Å². The van der Waals surface area contributed by atoms with Crippen molar-refractivity contribution in [3.05, 3.63) is 28.8 Å². The molecule has 0 bridgehead atoms. The van der Waals surface area contributed by atoms with Gasteiger partial charge >= 0.3 is 0 Å². The first-order valence-electron chi connectivity index (χ1n) is 7.15. The predicted octanol–water partition coefficient (Wildman–Crippen LogP) is 4.51. The number of hydrogen-bond donors (Lipinski definition) is 1. The molecule has 0 aromatic heterocycles. The lowest BCUT2D eigenvalue weighted by Gasteiger charge is -2.16. The highest BCUT2D eigenvalue weighted by Crippen LogP contribution is 2.29. The lowest BCUT2D eigenvalue weighted by molar-refractivity contribution is 0.254. The zero-order chi connectivity index (χ0) is 14.3. The Kier molecular flexibility index (Phi) is 7.25. The molecule has 0 aliphatic carbocycles. The molecule has 0 aliphatic heterocycles. The van der Waals surface area contributed by atoms with Crippen molar-refractivity contribution in [3.63, 3.8) is 0 Å². The van der Waals surface area contributed by atoms with Gasteiger partial charge in [0.05, 0.1) is 11.6 Å². The fourth-order valence-electron chi connectivity index (χ4n) is 1.69. The third-order valence-corrected chi connectivity index (χ3v) is 3.42. The molecule has 108 valence electrons. The van der Waals surface area contributed by atoms with Crippen LogP contribution in [0, 0.1) is 11.8 Å². The molecule has 1 unspecified atom stereocenters. The molecule has 0 amide bonds. The molecular formula is C16H26ClNO. The molecule has 0 radical (unpaired) electrons. The molecule has 19 heavy (non-hydrogen) atoms. The average molecular weight is 284 g/mol. The maximum atomic E-state index is 6.24. The minimum Gasteiger partial charge on any atom is -0.491 e. The van der Waals surface area contributed by atoms with Crippen molar-refractivity contribution in [2.75, 3.05) is 13.2 Å². The van der Waals surface area contributed by atoms with Crippen molar-refractivity contribution in [2.45, 2.75) is 40.7 Å². The second-order valence-electron chi connectivity index (χ2n) is 5.58. The predicted molar refractivity (Wildman–Crippen MR) is 82.9 cm³/mol. The van der Waals surface area contributed by atoms with Gasteiger partial charge in [-0.05, 0) is 24.4 Å². The number of halogens is 1. The number of rotatable bonds is 8. The molecular weight excluding hydrogens is 258 g/mol. The number of ether oxygens (including phenoxy) is 1. The van der Waals surface area contributed by atoms with Crippen LogP contribution in [0.1, 0.15) is 39.7 Å². The molecule has 1 aromatic carbocycles. The van der Waals surface area contributed by atoms with Crippen molar-refractivity contribution in [1.82, 2.24) is 5.32 Å². The first kappa shape index (κ1) is 16.3. The second-order valence-corrected chi connectivity index (χ2v) is 5.98. The summed E-state index contributed by atoms with van der Waals surface area (Å²) >= 11 is 6.24. The van der Waals surface area contributed by atoms with Crippen LogP contribution in [0.15, 0.2) is 18.2 Å². The maximum Gasteiger partial charge on any atom is 0.142 e. The zero-order valence-electron chi connectivity index (χ0n) is 12.5. The average Bonchev–Trinajstić information content (AvgIpc) is 2.37. The molecule has 3 heteroatoms. The van der Waals surface area contributed by atoms with E-state index in [-0.39, 0.29) is 0 Å². The molecule has 2 nitrogen and oxygen atoms in total. The Morgan fingerprint density at radius 2 is 2.00 bits per heavy atom. The molecule has 0 saturated heterocycles. The fourth-order valence-corrected chi connectivity index (χ4v) is 1.94. The normalized spacial score (nSPS) is 12.7. The third kappa shape index (κ3) is 5.84. The van der Waals surface area contributed by atoms with Crippen LogP contribution >= 0.6 is 11.6 Å². The molecule has 1 aromatic rings. The first-order valence-corrected chi connectivity index (χ1v) is 7.53. The summed E-state index contributed by atoms with van der Waals surface area (Å²) in [6.45, 7) is 11.3. The third-order valence-electron chi connectivity index (χ3n) is 3.13. The van der Waals surface area contributed by atoms with Crippen LogP contribution in [0.25, 0.3) is 0 Å². The van der Waals surface area contributed by atoms with Gasteiger partial charge in [-0.15, -0.1) is 0 Å². The van der Waals surface area contributed by atoms with Crippen molar-refractivity contribution >= 4 is 11.6 Å². The van der Waals surface area contributed by atoms with Crippen LogP contribution in [0.2, 0.25) is 5.02 Å². The Bertz CT molecular complexity index is 379. The maximum absolute atomic E-state index is 6.24. The van der Waals surface area contributed by atoms with E-state index in [1.165, 1.54) is 0 Å². The van der Waals surface area contributed by atoms with E-state index in [9.17, 15) is 0 Å². The van der Waals surface area contributed by atoms with Crippen molar-refractivity contribution in [3.8, 4) is 5.75 Å². The van der Waals surface area contributed by atoms with E-state index in [2.05, 4.69) is 39.1 Å². The van der Waals surface area contributed by atoms with Crippen LogP contribution in [-0.2, 0) is 6.54 Å². The molecule has 0 spiro atoms. The largest absolute Gasteiger partial charge is 0.491 e. The molecule has 0 aliphatic rings. The van der Waals surface area contributed by atoms with E-state index < -0.39 is 0 Å². The van der Waals surface area contributed by atoms with Crippen LogP contribution in [-0.4, -0.2) is 13.2 Å². The topological polar surface area (TPSA) is 21.3 Å². The van der Waals surface area contributed by atoms with Gasteiger partial charge in [-0.2, -0.15) is 0 Å². The summed E-state index contributed by atoms with van der Waals surface area (Å²) in [5.41, 5.74) is 1.14. The Morgan fingerprint density at radius 3 is 2.63 bits per heavy atom. The minimum absolute atomic E-state index is 0.549. The summed E-state index contributed by atoms with van der Waals surface area (Å²) in [6.07, 6.45) is 1.12. The van der Waals surface area contributed by atoms with E-state index in [1.54, 1.807) is 0 Å². The molecule has 0 heterocycles. The molecule has 1 atom stereocenters. The van der Waals surface area contributed by atoms with Gasteiger partial charge in [-0.1, -0.05) is 57.8 Å². The summed E-state index contributed by atoms with van der Waals surface area (Å²) in [5.74, 6) is 2.03. The number of para-hydroxylation sites is 1. The van der Waals surface area contributed by atoms with Crippen LogP contribution < -0.4 is 10.1 Å². The monoisotopic (exact) mass is 283 g/mol. The Balaban J connectivity index is 2.66. The van der Waals surface area contributed by atoms with Crippen LogP contribution in [0.4, 0.5) is 0 Å². The van der Waals surface area contributed by atoms with E-state index in [4.69, 9.17) is 16.3 Å². The highest BCUT2D eigenvalue weighted by atomic mass is 35.5. The van der Waals surface area contributed by atoms with E-state index in [0.717, 1.165) is 37.4 Å². The summed E-state index contributed by atoms with van der Waals surface area (Å²) in [5, 5.41) is 4.13. The van der Waals surface area contributed by atoms with E-state index in [0.29, 0.717) is 16.9 Å². The summed E-state index contributed by atoms with van der Waals surface area (Å²) in [6, 6.07) is 5.94. The summed E-state index contributed by atoms with van der Waals surface area (Å²) in [4.78, 5) is 0. The van der Waals surface area contributed by atoms with E-state index >= 15 is 0 Å². The van der Waals surface area contributed by atoms with Crippen molar-refractivity contribution < 1.29 is 4.74 Å². The van der Waals surface area contributed by atoms with Crippen LogP contribution in [0.3, 0.4) is 0 Å². The molecule has 1 rings (SSSR count). The molecule has 0 saturated carbocycles. The van der Waals surface area contributed by atoms with Gasteiger partial charge in [0.15, 0.2) is 0 Å². The van der Waals surface area contributed by atoms with Gasteiger partial charge in [0.25, 0.3) is 0 Å². The highest BCUT2D eigenvalue weighted by molar-refractivity contribution is 6.32. The smallest absolute Gasteiger partial charge is 0.142 e. The summed E-state index contributed by atoms with van der Waals surface area (Å²) in [7, 11) is 0. The lowest BCUT2D eigenvalue weighted by Crippen LogP contribution is -2.20. The Morgan fingerprint density at radius 1 is 1.26 bits per heavy atom. The van der Waals surface area contributed by atoms with Gasteiger partial charge in [0.2, 0.25) is 0 Å². The Hall–Kier alpha value is -0.730. The molecule has 0 fully saturated rings. The van der Waals surface area contributed by atoms with Gasteiger partial charge in [-0.25, -0.2) is 0 Å². The lowest BCUT2D eigenvalue weighted by atomic mass is 10.1. The zero-order valence-corrected chi connectivity index (χ0v) is 13.3. The first-order chi connectivity index (χ1) is 9.04. The summed E-state index contributed by atoms with van der Waals surface area (Å²) < 4.78 is 5.91. The van der Waals surface area contributed by atoms with Gasteiger partial charge in [0.1, 0.15) is 5.75 Å². The number of nitrogens with one attached hydrogen (secondary N) is 1. The van der Waals surface area contributed by atoms with Gasteiger partial charge < -0.3 is 10.1 Å². The molecule has 1 N–H and O–H groups in total. The van der Waals surface area contributed by atoms with Gasteiger partial charge in [0, 0.05) is 12.1 Å². The van der Waals surface area contributed by atoms with Crippen LogP contribution in [0.5, 0.6) is 5.75 Å². The van der Waals surface area contributed by atoms with Gasteiger partial charge in [-0.3, -0.25) is 0 Å². The number of benzene rings is 1. The quantitative estimate of drug-likeness (QED) is 0.758. The SMILES string of the molecule is CCC(C)COc1c(Cl)cccc1CNCC(C)C. The standard InChI is InChI=1S/C16H26ClNO/c1-5-13(4)11-19-16-14(7-6-8-15(16)17)10-18-9-12(2)3/h6-8,12-13,18H,5,9-11H2,1-4H3. The fraction of sp³-hybridized carbons (Fsp3) is 0.625. The minimum atomic E-state index is 0.549. The second kappa shape index (κ2) is 8.44. The van der Waals surface area contributed by atoms with Crippen molar-refractivity contribution in [2.24, 2.45) is 11.8 Å². The number of hydrogen-bond acceptors (Lipinski definition) is 2. The van der Waals surface area contributed by atoms with Crippen molar-refractivity contribution in [1.29, 1.82) is 0 Å².